The first-order valence-electron chi connectivity index (χ1n) is 6.62. The highest BCUT2D eigenvalue weighted by Crippen LogP contribution is 2.28. The lowest BCUT2D eigenvalue weighted by atomic mass is 10.2. The van der Waals surface area contributed by atoms with E-state index in [9.17, 15) is 0 Å². The molecule has 1 aromatic heterocycles. The van der Waals surface area contributed by atoms with Crippen LogP contribution in [0.25, 0.3) is 0 Å². The summed E-state index contributed by atoms with van der Waals surface area (Å²) in [7, 11) is 1.83. The van der Waals surface area contributed by atoms with E-state index in [1.165, 1.54) is 24.1 Å². The number of nitrogens with zero attached hydrogens (tertiary/aromatic N) is 2. The first-order valence-corrected chi connectivity index (χ1v) is 8.73. The molecule has 2 unspecified atom stereocenters. The number of nitrogens with one attached hydrogen (secondary N) is 2. The average Bonchev–Trinajstić information content (AvgIpc) is 3.03. The van der Waals surface area contributed by atoms with Gasteiger partial charge in [-0.2, -0.15) is 11.8 Å². The van der Waals surface area contributed by atoms with Crippen LogP contribution < -0.4 is 10.6 Å². The Bertz CT molecular complexity index is 430. The molecule has 4 nitrogen and oxygen atoms in total. The molecule has 2 N–H and O–H groups in total. The zero-order chi connectivity index (χ0) is 13.7. The number of rotatable bonds is 4. The summed E-state index contributed by atoms with van der Waals surface area (Å²) in [6.45, 7) is 2.83. The monoisotopic (exact) mass is 298 g/mol. The molecular formula is C13H22N4S2. The van der Waals surface area contributed by atoms with E-state index >= 15 is 0 Å². The molecule has 1 fully saturated rings. The van der Waals surface area contributed by atoms with E-state index in [-0.39, 0.29) is 0 Å². The third-order valence-corrected chi connectivity index (χ3v) is 5.39. The zero-order valence-corrected chi connectivity index (χ0v) is 13.4. The van der Waals surface area contributed by atoms with Gasteiger partial charge in [0.1, 0.15) is 0 Å². The van der Waals surface area contributed by atoms with Gasteiger partial charge in [0.05, 0.1) is 11.6 Å². The van der Waals surface area contributed by atoms with Crippen molar-refractivity contribution in [1.29, 1.82) is 0 Å². The van der Waals surface area contributed by atoms with E-state index in [4.69, 9.17) is 0 Å². The van der Waals surface area contributed by atoms with Gasteiger partial charge in [-0.25, -0.2) is 4.98 Å². The Balaban J connectivity index is 1.78. The fourth-order valence-corrected chi connectivity index (χ4v) is 3.86. The van der Waals surface area contributed by atoms with E-state index in [0.29, 0.717) is 6.04 Å². The Hall–Kier alpha value is -0.750. The number of guanidine groups is 1. The lowest BCUT2D eigenvalue weighted by molar-refractivity contribution is 0.615. The van der Waals surface area contributed by atoms with Crippen LogP contribution in [0.4, 0.5) is 0 Å². The quantitative estimate of drug-likeness (QED) is 0.662. The van der Waals surface area contributed by atoms with Crippen molar-refractivity contribution in [2.24, 2.45) is 4.99 Å². The SMILES string of the molecule is CN=C(NCc1cnc(C)s1)NC1CCC(SC)C1. The second-order valence-electron chi connectivity index (χ2n) is 4.78. The van der Waals surface area contributed by atoms with Gasteiger partial charge in [0.2, 0.25) is 0 Å². The number of hydrogen-bond acceptors (Lipinski definition) is 4. The maximum absolute atomic E-state index is 4.30. The lowest BCUT2D eigenvalue weighted by Crippen LogP contribution is -2.42. The van der Waals surface area contributed by atoms with E-state index < -0.39 is 0 Å². The third kappa shape index (κ3) is 4.38. The molecule has 2 atom stereocenters. The first-order chi connectivity index (χ1) is 9.21. The summed E-state index contributed by atoms with van der Waals surface area (Å²) in [6, 6.07) is 0.562. The van der Waals surface area contributed by atoms with Gasteiger partial charge in [-0.1, -0.05) is 0 Å². The summed E-state index contributed by atoms with van der Waals surface area (Å²) in [5.41, 5.74) is 0. The molecule has 1 heterocycles. The Morgan fingerprint density at radius 1 is 1.58 bits per heavy atom. The van der Waals surface area contributed by atoms with Crippen LogP contribution in [0.5, 0.6) is 0 Å². The number of aromatic nitrogens is 1. The molecule has 1 aromatic rings. The van der Waals surface area contributed by atoms with Crippen LogP contribution in [0.2, 0.25) is 0 Å². The smallest absolute Gasteiger partial charge is 0.191 e. The van der Waals surface area contributed by atoms with Crippen LogP contribution >= 0.6 is 23.1 Å². The molecule has 0 bridgehead atoms. The number of thiazole rings is 1. The van der Waals surface area contributed by atoms with Crippen LogP contribution in [0.1, 0.15) is 29.1 Å². The van der Waals surface area contributed by atoms with Gasteiger partial charge in [-0.3, -0.25) is 4.99 Å². The van der Waals surface area contributed by atoms with Crippen LogP contribution in [0.15, 0.2) is 11.2 Å². The van der Waals surface area contributed by atoms with E-state index in [1.807, 2.05) is 31.9 Å². The van der Waals surface area contributed by atoms with E-state index in [2.05, 4.69) is 26.9 Å². The third-order valence-electron chi connectivity index (χ3n) is 3.38. The van der Waals surface area contributed by atoms with Gasteiger partial charge in [0.25, 0.3) is 0 Å². The van der Waals surface area contributed by atoms with E-state index in [0.717, 1.165) is 22.8 Å². The van der Waals surface area contributed by atoms with Crippen molar-refractivity contribution in [3.63, 3.8) is 0 Å². The summed E-state index contributed by atoms with van der Waals surface area (Å²) in [5, 5.41) is 8.79. The van der Waals surface area contributed by atoms with E-state index in [1.54, 1.807) is 11.3 Å². The standard InChI is InChI=1S/C13H22N4S2/c1-9-15-7-12(19-9)8-16-13(14-2)17-10-4-5-11(6-10)18-3/h7,10-11H,4-6,8H2,1-3H3,(H2,14,16,17). The van der Waals surface area contributed by atoms with Crippen molar-refractivity contribution in [1.82, 2.24) is 15.6 Å². The molecule has 0 spiro atoms. The molecule has 0 aromatic carbocycles. The molecular weight excluding hydrogens is 276 g/mol. The first kappa shape index (κ1) is 14.7. The average molecular weight is 298 g/mol. The molecule has 106 valence electrons. The minimum atomic E-state index is 0.562. The van der Waals surface area contributed by atoms with Crippen LogP contribution in [-0.2, 0) is 6.54 Å². The lowest BCUT2D eigenvalue weighted by Gasteiger charge is -2.16. The summed E-state index contributed by atoms with van der Waals surface area (Å²) < 4.78 is 0. The number of aliphatic imine (C=N–C) groups is 1. The summed E-state index contributed by atoms with van der Waals surface area (Å²) in [6.07, 6.45) is 7.92. The van der Waals surface area contributed by atoms with Crippen LogP contribution in [0, 0.1) is 6.92 Å². The number of thioether (sulfide) groups is 1. The molecule has 6 heteroatoms. The summed E-state index contributed by atoms with van der Waals surface area (Å²) in [4.78, 5) is 9.80. The highest BCUT2D eigenvalue weighted by molar-refractivity contribution is 7.99. The van der Waals surface area contributed by atoms with Crippen molar-refractivity contribution in [3.8, 4) is 0 Å². The number of aryl methyl sites for hydroxylation is 1. The Labute approximate surface area is 123 Å². The maximum atomic E-state index is 4.30. The molecule has 0 amide bonds. The van der Waals surface area contributed by atoms with Gasteiger partial charge >= 0.3 is 0 Å². The largest absolute Gasteiger partial charge is 0.354 e. The van der Waals surface area contributed by atoms with Crippen LogP contribution in [0.3, 0.4) is 0 Å². The Kier molecular flexibility index (Phi) is 5.51. The van der Waals surface area contributed by atoms with Gasteiger partial charge in [-0.05, 0) is 32.4 Å². The topological polar surface area (TPSA) is 49.3 Å². The molecule has 1 aliphatic rings. The zero-order valence-electron chi connectivity index (χ0n) is 11.8. The normalized spacial score (nSPS) is 23.6. The predicted octanol–water partition coefficient (Wildman–Crippen LogP) is 2.40. The fraction of sp³-hybridized carbons (Fsp3) is 0.692. The molecule has 19 heavy (non-hydrogen) atoms. The van der Waals surface area contributed by atoms with Crippen molar-refractivity contribution in [2.45, 2.75) is 44.0 Å². The van der Waals surface area contributed by atoms with Crippen LogP contribution in [-0.4, -0.2) is 35.5 Å². The summed E-state index contributed by atoms with van der Waals surface area (Å²) in [5.74, 6) is 0.901. The van der Waals surface area contributed by atoms with Crippen molar-refractivity contribution in [2.75, 3.05) is 13.3 Å². The number of hydrogen-bond donors (Lipinski definition) is 2. The molecule has 0 radical (unpaired) electrons. The van der Waals surface area contributed by atoms with Gasteiger partial charge in [0, 0.05) is 29.4 Å². The molecule has 1 aliphatic carbocycles. The Morgan fingerprint density at radius 3 is 3.00 bits per heavy atom. The maximum Gasteiger partial charge on any atom is 0.191 e. The van der Waals surface area contributed by atoms with Gasteiger partial charge in [-0.15, -0.1) is 11.3 Å². The second kappa shape index (κ2) is 7.14. The Morgan fingerprint density at radius 2 is 2.42 bits per heavy atom. The highest BCUT2D eigenvalue weighted by atomic mass is 32.2. The minimum Gasteiger partial charge on any atom is -0.354 e. The van der Waals surface area contributed by atoms with Crippen molar-refractivity contribution < 1.29 is 0 Å². The minimum absolute atomic E-state index is 0.562. The highest BCUT2D eigenvalue weighted by Gasteiger charge is 2.24. The molecule has 0 aliphatic heterocycles. The summed E-state index contributed by atoms with van der Waals surface area (Å²) >= 11 is 3.70. The van der Waals surface area contributed by atoms with Crippen molar-refractivity contribution in [3.05, 3.63) is 16.1 Å². The molecule has 0 saturated heterocycles. The second-order valence-corrected chi connectivity index (χ2v) is 7.24. The van der Waals surface area contributed by atoms with Crippen molar-refractivity contribution >= 4 is 29.1 Å². The fourth-order valence-electron chi connectivity index (χ4n) is 2.33. The van der Waals surface area contributed by atoms with Gasteiger partial charge in [0.15, 0.2) is 5.96 Å². The molecule has 1 saturated carbocycles. The predicted molar refractivity (Wildman–Crippen MR) is 85.1 cm³/mol. The molecule has 2 rings (SSSR count). The van der Waals surface area contributed by atoms with Gasteiger partial charge < -0.3 is 10.6 Å².